The Labute approximate surface area is 243 Å². The van der Waals surface area contributed by atoms with E-state index in [0.29, 0.717) is 53.1 Å². The molecule has 2 N–H and O–H groups in total. The third-order valence-electron chi connectivity index (χ3n) is 6.36. The van der Waals surface area contributed by atoms with Crippen molar-refractivity contribution in [3.63, 3.8) is 0 Å². The molecule has 2 heterocycles. The topological polar surface area (TPSA) is 119 Å². The van der Waals surface area contributed by atoms with E-state index < -0.39 is 17.2 Å². The van der Waals surface area contributed by atoms with Crippen molar-refractivity contribution in [3.8, 4) is 34.3 Å². The first-order valence-electron chi connectivity index (χ1n) is 13.1. The Kier molecular flexibility index (Phi) is 8.82. The maximum atomic E-state index is 13.5. The predicted molar refractivity (Wildman–Crippen MR) is 159 cm³/mol. The van der Waals surface area contributed by atoms with Gasteiger partial charge in [0.2, 0.25) is 0 Å². The maximum Gasteiger partial charge on any atom is 0.262 e. The molecule has 0 unspecified atom stereocenters. The van der Waals surface area contributed by atoms with Crippen LogP contribution in [0, 0.1) is 11.6 Å². The zero-order valence-electron chi connectivity index (χ0n) is 23.2. The van der Waals surface area contributed by atoms with Crippen LogP contribution in [0.3, 0.4) is 0 Å². The molecular weight excluding hydrogens is 558 g/mol. The minimum Gasteiger partial charge on any atom is -0.491 e. The number of nitrogens with one attached hydrogen (secondary N) is 2. The van der Waals surface area contributed by atoms with Crippen LogP contribution in [0.2, 0.25) is 0 Å². The Morgan fingerprint density at radius 2 is 1.37 bits per heavy atom. The number of halogens is 2. The van der Waals surface area contributed by atoms with Crippen LogP contribution in [0.15, 0.2) is 94.5 Å². The molecule has 11 heteroatoms. The lowest BCUT2D eigenvalue weighted by Crippen LogP contribution is -2.11. The fraction of sp³-hybridized carbons (Fsp3) is 0.125. The predicted octanol–water partition coefficient (Wildman–Crippen LogP) is 5.49. The quantitative estimate of drug-likeness (QED) is 0.238. The highest BCUT2D eigenvalue weighted by Gasteiger charge is 2.15. The van der Waals surface area contributed by atoms with Gasteiger partial charge in [-0.15, -0.1) is 0 Å². The summed E-state index contributed by atoms with van der Waals surface area (Å²) >= 11 is 0. The lowest BCUT2D eigenvalue weighted by Gasteiger charge is -2.12. The summed E-state index contributed by atoms with van der Waals surface area (Å²) in [6, 6.07) is 23.4. The van der Waals surface area contributed by atoms with E-state index in [1.54, 1.807) is 43.5 Å². The smallest absolute Gasteiger partial charge is 0.262 e. The van der Waals surface area contributed by atoms with Crippen LogP contribution >= 0.6 is 0 Å². The largest absolute Gasteiger partial charge is 0.491 e. The number of ether oxygens (including phenoxy) is 3. The van der Waals surface area contributed by atoms with Gasteiger partial charge in [0.15, 0.2) is 11.5 Å². The summed E-state index contributed by atoms with van der Waals surface area (Å²) in [6.07, 6.45) is 0. The number of H-pyrrole nitrogens is 2. The van der Waals surface area contributed by atoms with Gasteiger partial charge in [0.1, 0.15) is 40.8 Å². The number of benzene rings is 4. The molecule has 2 aromatic heterocycles. The van der Waals surface area contributed by atoms with E-state index in [2.05, 4.69) is 19.9 Å². The number of fused-ring (bicyclic) bond motifs is 2. The van der Waals surface area contributed by atoms with E-state index in [1.807, 2.05) is 36.4 Å². The van der Waals surface area contributed by atoms with E-state index in [9.17, 15) is 18.4 Å². The number of nitrogens with zero attached hydrogens (tertiary/aromatic N) is 2. The fourth-order valence-electron chi connectivity index (χ4n) is 4.36. The Morgan fingerprint density at radius 1 is 0.744 bits per heavy atom. The molecule has 43 heavy (non-hydrogen) atoms. The van der Waals surface area contributed by atoms with Gasteiger partial charge in [-0.05, 0) is 12.1 Å². The molecule has 0 bridgehead atoms. The number of rotatable bonds is 7. The second-order valence-corrected chi connectivity index (χ2v) is 9.18. The zero-order valence-corrected chi connectivity index (χ0v) is 23.2. The SMILES string of the molecule is COCCOc1ccc2c(=O)[nH]c(-c3ccccc3)nc2c1OC.O=c1[nH]c(-c2ccccc2)nc2cc(F)cc(F)c12. The standard InChI is InChI=1S/C18H18N2O4.C14H8F2N2O/c1-22-10-11-24-14-9-8-13-15(16(14)23-2)19-17(20-18(13)21)12-6-4-3-5-7-12;15-9-6-10(16)12-11(7-9)17-13(18-14(12)19)8-4-2-1-3-5-8/h3-9H,10-11H2,1-2H3,(H,19,20,21);1-7H,(H,17,18,19). The summed E-state index contributed by atoms with van der Waals surface area (Å²) in [5.74, 6) is 0.0556. The van der Waals surface area contributed by atoms with Crippen LogP contribution in [0.5, 0.6) is 11.5 Å². The van der Waals surface area contributed by atoms with Gasteiger partial charge in [0.25, 0.3) is 11.1 Å². The molecule has 0 atom stereocenters. The zero-order chi connectivity index (χ0) is 30.3. The average Bonchev–Trinajstić information content (AvgIpc) is 3.01. The lowest BCUT2D eigenvalue weighted by molar-refractivity contribution is 0.144. The molecule has 9 nitrogen and oxygen atoms in total. The van der Waals surface area contributed by atoms with E-state index in [0.717, 1.165) is 11.6 Å². The molecule has 0 saturated carbocycles. The summed E-state index contributed by atoms with van der Waals surface area (Å²) < 4.78 is 42.8. The van der Waals surface area contributed by atoms with Gasteiger partial charge in [-0.3, -0.25) is 9.59 Å². The van der Waals surface area contributed by atoms with E-state index in [4.69, 9.17) is 14.2 Å². The van der Waals surface area contributed by atoms with Crippen LogP contribution in [-0.2, 0) is 4.74 Å². The third kappa shape index (κ3) is 6.41. The van der Waals surface area contributed by atoms with Gasteiger partial charge in [0, 0.05) is 30.4 Å². The van der Waals surface area contributed by atoms with Crippen molar-refractivity contribution < 1.29 is 23.0 Å². The van der Waals surface area contributed by atoms with Crippen molar-refractivity contribution in [1.82, 2.24) is 19.9 Å². The third-order valence-corrected chi connectivity index (χ3v) is 6.36. The van der Waals surface area contributed by atoms with Gasteiger partial charge in [-0.2, -0.15) is 0 Å². The average molecular weight is 585 g/mol. The molecule has 6 rings (SSSR count). The highest BCUT2D eigenvalue weighted by molar-refractivity contribution is 5.87. The highest BCUT2D eigenvalue weighted by atomic mass is 19.1. The summed E-state index contributed by atoms with van der Waals surface area (Å²) in [7, 11) is 3.14. The second-order valence-electron chi connectivity index (χ2n) is 9.18. The number of hydrogen-bond donors (Lipinski definition) is 2. The fourth-order valence-corrected chi connectivity index (χ4v) is 4.36. The molecule has 0 spiro atoms. The minimum atomic E-state index is -0.914. The second kappa shape index (κ2) is 13.0. The number of aromatic amines is 2. The van der Waals surface area contributed by atoms with Crippen LogP contribution < -0.4 is 20.6 Å². The molecule has 0 amide bonds. The van der Waals surface area contributed by atoms with Crippen molar-refractivity contribution in [3.05, 3.63) is 117 Å². The maximum absolute atomic E-state index is 13.5. The molecule has 0 fully saturated rings. The number of methoxy groups -OCH3 is 2. The Morgan fingerprint density at radius 3 is 2.00 bits per heavy atom. The van der Waals surface area contributed by atoms with Crippen molar-refractivity contribution in [2.45, 2.75) is 0 Å². The van der Waals surface area contributed by atoms with Crippen molar-refractivity contribution in [1.29, 1.82) is 0 Å². The summed E-state index contributed by atoms with van der Waals surface area (Å²) in [5.41, 5.74) is 1.12. The van der Waals surface area contributed by atoms with Crippen LogP contribution in [0.4, 0.5) is 8.78 Å². The van der Waals surface area contributed by atoms with Crippen LogP contribution in [0.1, 0.15) is 0 Å². The van der Waals surface area contributed by atoms with Crippen LogP contribution in [0.25, 0.3) is 44.6 Å². The van der Waals surface area contributed by atoms with Gasteiger partial charge >= 0.3 is 0 Å². The molecule has 218 valence electrons. The first kappa shape index (κ1) is 29.1. The van der Waals surface area contributed by atoms with Crippen molar-refractivity contribution >= 4 is 21.8 Å². The molecule has 0 aliphatic carbocycles. The summed E-state index contributed by atoms with van der Waals surface area (Å²) in [4.78, 5) is 38.2. The highest BCUT2D eigenvalue weighted by Crippen LogP contribution is 2.34. The summed E-state index contributed by atoms with van der Waals surface area (Å²) in [5, 5.41) is 0.215. The molecular formula is C32H26F2N4O5. The molecule has 0 saturated heterocycles. The van der Waals surface area contributed by atoms with Crippen molar-refractivity contribution in [2.75, 3.05) is 27.4 Å². The number of aromatic nitrogens is 4. The lowest BCUT2D eigenvalue weighted by atomic mass is 10.1. The molecule has 6 aromatic rings. The molecule has 4 aromatic carbocycles. The van der Waals surface area contributed by atoms with Crippen molar-refractivity contribution in [2.24, 2.45) is 0 Å². The Balaban J connectivity index is 0.000000176. The minimum absolute atomic E-state index is 0.0000954. The first-order chi connectivity index (χ1) is 20.9. The first-order valence-corrected chi connectivity index (χ1v) is 13.1. The van der Waals surface area contributed by atoms with Gasteiger partial charge in [-0.1, -0.05) is 60.7 Å². The van der Waals surface area contributed by atoms with Gasteiger partial charge in [0.05, 0.1) is 24.6 Å². The van der Waals surface area contributed by atoms with E-state index in [-0.39, 0.29) is 22.3 Å². The summed E-state index contributed by atoms with van der Waals surface area (Å²) in [6.45, 7) is 0.840. The number of hydrogen-bond acceptors (Lipinski definition) is 7. The normalized spacial score (nSPS) is 10.8. The Bertz CT molecular complexity index is 2000. The molecule has 0 aliphatic heterocycles. The molecule has 0 radical (unpaired) electrons. The molecule has 0 aliphatic rings. The Hall–Kier alpha value is -5.42. The van der Waals surface area contributed by atoms with Crippen LogP contribution in [-0.4, -0.2) is 47.4 Å². The monoisotopic (exact) mass is 584 g/mol. The van der Waals surface area contributed by atoms with E-state index in [1.165, 1.54) is 7.11 Å². The van der Waals surface area contributed by atoms with E-state index >= 15 is 0 Å². The van der Waals surface area contributed by atoms with Gasteiger partial charge in [-0.25, -0.2) is 18.7 Å². The van der Waals surface area contributed by atoms with Gasteiger partial charge < -0.3 is 24.2 Å².